The fourth-order valence-corrected chi connectivity index (χ4v) is 4.05. The van der Waals surface area contributed by atoms with Crippen molar-refractivity contribution in [1.29, 1.82) is 0 Å². The Bertz CT molecular complexity index is 1440. The van der Waals surface area contributed by atoms with Crippen molar-refractivity contribution in [3.05, 3.63) is 95.2 Å². The van der Waals surface area contributed by atoms with Gasteiger partial charge in [-0.3, -0.25) is 4.57 Å². The number of amides is 1. The van der Waals surface area contributed by atoms with E-state index in [-0.39, 0.29) is 17.1 Å². The largest absolute Gasteiger partial charge is 0.478 e. The van der Waals surface area contributed by atoms with Crippen LogP contribution < -0.4 is 10.5 Å². The molecular weight excluding hydrogens is 461 g/mol. The zero-order valence-electron chi connectivity index (χ0n) is 18.8. The second-order valence-electron chi connectivity index (χ2n) is 8.54. The summed E-state index contributed by atoms with van der Waals surface area (Å²) in [6.45, 7) is 3.81. The number of hydrogen-bond acceptors (Lipinski definition) is 3. The molecule has 1 heterocycles. The number of fused-ring (bicyclic) bond motifs is 1. The fraction of sp³-hybridized carbons (Fsp3) is 0.154. The predicted octanol–water partition coefficient (Wildman–Crippen LogP) is 6.40. The third kappa shape index (κ3) is 4.44. The molecule has 1 aromatic heterocycles. The molecule has 35 heavy (non-hydrogen) atoms. The maximum atomic E-state index is 13.1. The molecule has 0 bridgehead atoms. The number of primary amides is 1. The number of hydrogen-bond donors (Lipinski definition) is 2. The summed E-state index contributed by atoms with van der Waals surface area (Å²) in [4.78, 5) is 23.5. The van der Waals surface area contributed by atoms with Crippen molar-refractivity contribution in [2.24, 2.45) is 5.73 Å². The monoisotopic (exact) mass is 482 g/mol. The van der Waals surface area contributed by atoms with Gasteiger partial charge in [0.25, 0.3) is 0 Å². The normalized spacial score (nSPS) is 12.0. The first-order valence-electron chi connectivity index (χ1n) is 10.5. The Balaban J connectivity index is 1.84. The van der Waals surface area contributed by atoms with E-state index in [9.17, 15) is 27.9 Å². The Morgan fingerprint density at radius 1 is 0.943 bits per heavy atom. The van der Waals surface area contributed by atoms with Crippen LogP contribution in [-0.4, -0.2) is 21.7 Å². The number of nitrogens with two attached hydrogens (primary N) is 1. The Hall–Kier alpha value is -4.27. The Morgan fingerprint density at radius 2 is 1.60 bits per heavy atom. The SMILES string of the molecule is CC(C)(c1ccc(C(=O)O)cc1)c1cn(C(N)=O)c2c(Oc3cccc(C(F)(F)F)c3)cccc12. The zero-order chi connectivity index (χ0) is 25.5. The molecule has 3 N–H and O–H groups in total. The van der Waals surface area contributed by atoms with Crippen LogP contribution in [0.5, 0.6) is 11.5 Å². The summed E-state index contributed by atoms with van der Waals surface area (Å²) in [6.07, 6.45) is -2.97. The van der Waals surface area contributed by atoms with Crippen molar-refractivity contribution in [2.45, 2.75) is 25.4 Å². The van der Waals surface area contributed by atoms with E-state index in [0.717, 1.165) is 17.7 Å². The number of nitrogens with zero attached hydrogens (tertiary/aromatic N) is 1. The molecule has 4 rings (SSSR count). The van der Waals surface area contributed by atoms with E-state index in [0.29, 0.717) is 16.5 Å². The molecule has 0 aliphatic heterocycles. The van der Waals surface area contributed by atoms with Crippen molar-refractivity contribution >= 4 is 22.9 Å². The summed E-state index contributed by atoms with van der Waals surface area (Å²) in [6, 6.07) is 15.0. The summed E-state index contributed by atoms with van der Waals surface area (Å²) >= 11 is 0. The predicted molar refractivity (Wildman–Crippen MR) is 124 cm³/mol. The van der Waals surface area contributed by atoms with E-state index in [2.05, 4.69) is 0 Å². The number of carboxylic acids is 1. The number of carboxylic acid groups (broad SMARTS) is 1. The van der Waals surface area contributed by atoms with Crippen LogP contribution in [0.2, 0.25) is 0 Å². The highest BCUT2D eigenvalue weighted by atomic mass is 19.4. The molecule has 0 saturated heterocycles. The molecule has 0 atom stereocenters. The van der Waals surface area contributed by atoms with E-state index in [1.165, 1.54) is 28.8 Å². The number of carbonyl (C=O) groups is 2. The third-order valence-electron chi connectivity index (χ3n) is 5.94. The highest BCUT2D eigenvalue weighted by Gasteiger charge is 2.32. The molecule has 6 nitrogen and oxygen atoms in total. The maximum absolute atomic E-state index is 13.1. The van der Waals surface area contributed by atoms with Crippen LogP contribution in [0.15, 0.2) is 72.9 Å². The number of ether oxygens (including phenoxy) is 1. The Kier molecular flexibility index (Phi) is 5.80. The van der Waals surface area contributed by atoms with Crippen molar-refractivity contribution in [2.75, 3.05) is 0 Å². The Labute approximate surface area is 198 Å². The molecule has 0 aliphatic carbocycles. The maximum Gasteiger partial charge on any atom is 0.416 e. The van der Waals surface area contributed by atoms with Gasteiger partial charge in [-0.05, 0) is 47.5 Å². The molecule has 4 aromatic rings. The van der Waals surface area contributed by atoms with Gasteiger partial charge in [-0.2, -0.15) is 13.2 Å². The Morgan fingerprint density at radius 3 is 2.20 bits per heavy atom. The van der Waals surface area contributed by atoms with Gasteiger partial charge in [-0.15, -0.1) is 0 Å². The second-order valence-corrected chi connectivity index (χ2v) is 8.54. The van der Waals surface area contributed by atoms with Gasteiger partial charge in [0.2, 0.25) is 0 Å². The van der Waals surface area contributed by atoms with Crippen LogP contribution in [-0.2, 0) is 11.6 Å². The van der Waals surface area contributed by atoms with Crippen molar-refractivity contribution < 1.29 is 32.6 Å². The van der Waals surface area contributed by atoms with Gasteiger partial charge in [-0.1, -0.05) is 44.2 Å². The summed E-state index contributed by atoms with van der Waals surface area (Å²) < 4.78 is 46.4. The van der Waals surface area contributed by atoms with Gasteiger partial charge in [0.05, 0.1) is 11.1 Å². The first-order valence-corrected chi connectivity index (χ1v) is 10.5. The highest BCUT2D eigenvalue weighted by molar-refractivity contribution is 5.98. The average Bonchev–Trinajstić information content (AvgIpc) is 3.21. The quantitative estimate of drug-likeness (QED) is 0.344. The van der Waals surface area contributed by atoms with Gasteiger partial charge in [0.1, 0.15) is 11.3 Å². The molecule has 0 spiro atoms. The summed E-state index contributed by atoms with van der Waals surface area (Å²) in [7, 11) is 0. The summed E-state index contributed by atoms with van der Waals surface area (Å²) in [5.74, 6) is -0.936. The second kappa shape index (κ2) is 8.50. The molecule has 0 radical (unpaired) electrons. The molecule has 0 unspecified atom stereocenters. The number of benzene rings is 3. The number of aromatic carboxylic acids is 1. The lowest BCUT2D eigenvalue weighted by Gasteiger charge is -2.25. The molecular formula is C26H21F3N2O4. The molecule has 180 valence electrons. The average molecular weight is 482 g/mol. The number of carbonyl (C=O) groups excluding carboxylic acids is 1. The smallest absolute Gasteiger partial charge is 0.416 e. The number of para-hydroxylation sites is 1. The lowest BCUT2D eigenvalue weighted by molar-refractivity contribution is -0.137. The van der Waals surface area contributed by atoms with Gasteiger partial charge < -0.3 is 15.6 Å². The number of alkyl halides is 3. The minimum Gasteiger partial charge on any atom is -0.478 e. The fourth-order valence-electron chi connectivity index (χ4n) is 4.05. The van der Waals surface area contributed by atoms with E-state index < -0.39 is 29.2 Å². The summed E-state index contributed by atoms with van der Waals surface area (Å²) in [5.41, 5.74) is 6.01. The number of rotatable bonds is 5. The first-order chi connectivity index (χ1) is 16.4. The highest BCUT2D eigenvalue weighted by Crippen LogP contribution is 2.41. The standard InChI is InChI=1S/C26H21F3N2O4/c1-25(2,16-11-9-15(10-12-16)23(32)33)20-14-31(24(30)34)22-19(20)7-4-8-21(22)35-18-6-3-5-17(13-18)26(27,28)29/h3-14H,1-2H3,(H2,30,34)(H,32,33). The van der Waals surface area contributed by atoms with Crippen LogP contribution >= 0.6 is 0 Å². The van der Waals surface area contributed by atoms with Crippen LogP contribution in [0, 0.1) is 0 Å². The van der Waals surface area contributed by atoms with Crippen LogP contribution in [0.3, 0.4) is 0 Å². The lowest BCUT2D eigenvalue weighted by Crippen LogP contribution is -2.21. The molecule has 9 heteroatoms. The molecule has 0 saturated carbocycles. The van der Waals surface area contributed by atoms with Crippen LogP contribution in [0.1, 0.15) is 40.9 Å². The molecule has 0 aliphatic rings. The topological polar surface area (TPSA) is 94.5 Å². The van der Waals surface area contributed by atoms with Crippen LogP contribution in [0.25, 0.3) is 10.9 Å². The van der Waals surface area contributed by atoms with Crippen molar-refractivity contribution in [3.63, 3.8) is 0 Å². The van der Waals surface area contributed by atoms with Gasteiger partial charge >= 0.3 is 18.2 Å². The zero-order valence-corrected chi connectivity index (χ0v) is 18.8. The molecule has 0 fully saturated rings. The first kappa shape index (κ1) is 23.9. The third-order valence-corrected chi connectivity index (χ3v) is 5.94. The number of aromatic nitrogens is 1. The van der Waals surface area contributed by atoms with Crippen LogP contribution in [0.4, 0.5) is 18.0 Å². The molecule has 1 amide bonds. The van der Waals surface area contributed by atoms with Crippen molar-refractivity contribution in [1.82, 2.24) is 4.57 Å². The minimum atomic E-state index is -4.54. The lowest BCUT2D eigenvalue weighted by atomic mass is 9.78. The van der Waals surface area contributed by atoms with E-state index >= 15 is 0 Å². The van der Waals surface area contributed by atoms with Gasteiger partial charge in [0.15, 0.2) is 5.75 Å². The van der Waals surface area contributed by atoms with Crippen molar-refractivity contribution in [3.8, 4) is 11.5 Å². The molecule has 3 aromatic carbocycles. The van der Waals surface area contributed by atoms with E-state index in [4.69, 9.17) is 10.5 Å². The van der Waals surface area contributed by atoms with E-state index in [1.807, 2.05) is 13.8 Å². The summed E-state index contributed by atoms with van der Waals surface area (Å²) in [5, 5.41) is 9.80. The van der Waals surface area contributed by atoms with Gasteiger partial charge in [-0.25, -0.2) is 9.59 Å². The number of halogens is 3. The minimum absolute atomic E-state index is 0.0467. The van der Waals surface area contributed by atoms with E-state index in [1.54, 1.807) is 36.5 Å². The van der Waals surface area contributed by atoms with Gasteiger partial charge in [0, 0.05) is 17.0 Å².